The minimum atomic E-state index is -1.15. The average Bonchev–Trinajstić information content (AvgIpc) is 3.46. The third kappa shape index (κ3) is 6.82. The van der Waals surface area contributed by atoms with E-state index < -0.39 is 11.6 Å². The van der Waals surface area contributed by atoms with Gasteiger partial charge in [-0.15, -0.1) is 0 Å². The maximum atomic E-state index is 12.5. The van der Waals surface area contributed by atoms with E-state index in [0.717, 1.165) is 18.4 Å². The van der Waals surface area contributed by atoms with Gasteiger partial charge in [0.25, 0.3) is 5.89 Å². The summed E-state index contributed by atoms with van der Waals surface area (Å²) in [6.07, 6.45) is 2.45. The second-order valence-corrected chi connectivity index (χ2v) is 9.61. The zero-order chi connectivity index (χ0) is 27.3. The number of hydrogen-bond donors (Lipinski definition) is 3. The molecule has 2 aromatic carbocycles. The van der Waals surface area contributed by atoms with Gasteiger partial charge < -0.3 is 24.4 Å². The van der Waals surface area contributed by atoms with Crippen molar-refractivity contribution in [2.45, 2.75) is 51.2 Å². The van der Waals surface area contributed by atoms with E-state index in [1.54, 1.807) is 38.1 Å². The number of oxazole rings is 1. The fourth-order valence-electron chi connectivity index (χ4n) is 4.30. The molecule has 38 heavy (non-hydrogen) atoms. The summed E-state index contributed by atoms with van der Waals surface area (Å²) < 4.78 is 10.5. The number of carboxylic acids is 1. The van der Waals surface area contributed by atoms with Crippen LogP contribution in [0.3, 0.4) is 0 Å². The number of halogens is 1. The van der Waals surface area contributed by atoms with E-state index in [1.165, 1.54) is 6.07 Å². The topological polar surface area (TPSA) is 126 Å². The molecule has 2 atom stereocenters. The third-order valence-corrected chi connectivity index (χ3v) is 6.32. The van der Waals surface area contributed by atoms with Gasteiger partial charge in [0.05, 0.1) is 0 Å². The molecule has 1 aliphatic carbocycles. The first-order chi connectivity index (χ1) is 18.1. The van der Waals surface area contributed by atoms with Crippen molar-refractivity contribution in [2.24, 2.45) is 0 Å². The molecule has 1 saturated carbocycles. The van der Waals surface area contributed by atoms with Crippen molar-refractivity contribution in [3.63, 3.8) is 0 Å². The Hall–Kier alpha value is -4.06. The highest BCUT2D eigenvalue weighted by atomic mass is 35.5. The molecule has 1 amide bonds. The van der Waals surface area contributed by atoms with Crippen LogP contribution in [0.2, 0.25) is 5.02 Å². The molecule has 2 heterocycles. The number of hydrogen-bond acceptors (Lipinski definition) is 6. The third-order valence-electron chi connectivity index (χ3n) is 6.09. The van der Waals surface area contributed by atoms with Crippen LogP contribution in [0.5, 0.6) is 0 Å². The summed E-state index contributed by atoms with van der Waals surface area (Å²) in [5.74, 6) is 5.76. The van der Waals surface area contributed by atoms with Gasteiger partial charge in [-0.1, -0.05) is 41.6 Å². The molecule has 3 N–H and O–H groups in total. The summed E-state index contributed by atoms with van der Waals surface area (Å²) in [5.41, 5.74) is 1.05. The first-order valence-electron chi connectivity index (χ1n) is 12.1. The van der Waals surface area contributed by atoms with E-state index >= 15 is 0 Å². The Labute approximate surface area is 224 Å². The highest BCUT2D eigenvalue weighted by Crippen LogP contribution is 2.28. The number of nitrogens with zero attached hydrogens (tertiary/aromatic N) is 1. The Morgan fingerprint density at radius 2 is 1.92 bits per heavy atom. The molecular formula is C29H27ClN2O6. The van der Waals surface area contributed by atoms with Crippen LogP contribution in [-0.4, -0.2) is 38.7 Å². The molecule has 0 spiro atoms. The number of benzene rings is 2. The maximum absolute atomic E-state index is 12.5. The number of furan rings is 1. The van der Waals surface area contributed by atoms with E-state index in [0.29, 0.717) is 40.5 Å². The number of aromatic nitrogens is 1. The van der Waals surface area contributed by atoms with Gasteiger partial charge in [0, 0.05) is 23.0 Å². The lowest BCUT2D eigenvalue weighted by Crippen LogP contribution is -2.45. The number of amides is 1. The van der Waals surface area contributed by atoms with Crippen molar-refractivity contribution >= 4 is 34.6 Å². The van der Waals surface area contributed by atoms with Crippen LogP contribution < -0.4 is 5.32 Å². The van der Waals surface area contributed by atoms with Gasteiger partial charge in [0.2, 0.25) is 0 Å². The van der Waals surface area contributed by atoms with Crippen molar-refractivity contribution in [3.8, 4) is 11.8 Å². The van der Waals surface area contributed by atoms with E-state index in [1.807, 2.05) is 24.3 Å². The lowest BCUT2D eigenvalue weighted by atomic mass is 9.82. The van der Waals surface area contributed by atoms with Crippen LogP contribution in [0.25, 0.3) is 11.1 Å². The number of rotatable bonds is 3. The monoisotopic (exact) mass is 534 g/mol. The highest BCUT2D eigenvalue weighted by molar-refractivity contribution is 6.30. The molecule has 9 heteroatoms. The summed E-state index contributed by atoms with van der Waals surface area (Å²) in [4.78, 5) is 27.1. The van der Waals surface area contributed by atoms with Crippen LogP contribution in [-0.2, 0) is 0 Å². The molecule has 0 unspecified atom stereocenters. The number of carbonyl (C=O) groups excluding carboxylic acids is 1. The largest absolute Gasteiger partial charge is 0.478 e. The Morgan fingerprint density at radius 1 is 1.13 bits per heavy atom. The Kier molecular flexibility index (Phi) is 8.20. The van der Waals surface area contributed by atoms with Crippen molar-refractivity contribution in [1.82, 2.24) is 10.3 Å². The number of aliphatic hydroxyl groups is 1. The normalized spacial score (nSPS) is 18.6. The van der Waals surface area contributed by atoms with Crippen LogP contribution in [0.15, 0.2) is 63.4 Å². The number of aromatic carboxylic acids is 1. The lowest BCUT2D eigenvalue weighted by molar-refractivity contribution is 0.0446. The predicted molar refractivity (Wildman–Crippen MR) is 142 cm³/mol. The molecular weight excluding hydrogens is 508 g/mol. The zero-order valence-electron chi connectivity index (χ0n) is 21.0. The SMILES string of the molecule is Cc1cc(C(=O)O)c(C)o1.O=C(N[C@@H]1CCC[C@](O)(C#Cc2cccc(Cl)c2)C1)c1nc2ccccc2o1. The first kappa shape index (κ1) is 27.0. The molecule has 8 nitrogen and oxygen atoms in total. The molecule has 2 aromatic heterocycles. The molecule has 196 valence electrons. The van der Waals surface area contributed by atoms with Gasteiger partial charge in [0.1, 0.15) is 28.2 Å². The van der Waals surface area contributed by atoms with Crippen LogP contribution >= 0.6 is 11.6 Å². The second-order valence-electron chi connectivity index (χ2n) is 9.18. The van der Waals surface area contributed by atoms with E-state index in [2.05, 4.69) is 22.1 Å². The lowest BCUT2D eigenvalue weighted by Gasteiger charge is -2.33. The molecule has 0 bridgehead atoms. The van der Waals surface area contributed by atoms with Crippen LogP contribution in [0, 0.1) is 25.7 Å². The van der Waals surface area contributed by atoms with E-state index in [-0.39, 0.29) is 23.4 Å². The number of nitrogens with one attached hydrogen (secondary N) is 1. The van der Waals surface area contributed by atoms with Crippen molar-refractivity contribution in [3.05, 3.63) is 88.2 Å². The quantitative estimate of drug-likeness (QED) is 0.295. The summed E-state index contributed by atoms with van der Waals surface area (Å²) >= 11 is 5.98. The van der Waals surface area contributed by atoms with E-state index in [9.17, 15) is 14.7 Å². The number of fused-ring (bicyclic) bond motifs is 1. The summed E-state index contributed by atoms with van der Waals surface area (Å²) in [6.45, 7) is 3.36. The zero-order valence-corrected chi connectivity index (χ0v) is 21.7. The first-order valence-corrected chi connectivity index (χ1v) is 12.5. The van der Waals surface area contributed by atoms with Gasteiger partial charge in [-0.2, -0.15) is 0 Å². The standard InChI is InChI=1S/C22H19ClN2O3.C7H8O3/c23-16-6-3-5-15(13-16)10-12-22(27)11-4-7-17(14-22)24-20(26)21-25-18-8-1-2-9-19(18)28-21;1-4-3-6(7(8)9)5(2)10-4/h1-3,5-6,8-9,13,17,27H,4,7,11,14H2,(H,24,26);3H,1-2H3,(H,8,9)/t17-,22+;/m1./s1. The Balaban J connectivity index is 0.000000283. The molecule has 4 aromatic rings. The van der Waals surface area contributed by atoms with E-state index in [4.69, 9.17) is 25.5 Å². The maximum Gasteiger partial charge on any atom is 0.339 e. The summed E-state index contributed by atoms with van der Waals surface area (Å²) in [6, 6.07) is 15.7. The number of para-hydroxylation sites is 2. The number of carbonyl (C=O) groups is 2. The van der Waals surface area contributed by atoms with Crippen molar-refractivity contribution in [1.29, 1.82) is 0 Å². The van der Waals surface area contributed by atoms with Crippen molar-refractivity contribution < 1.29 is 28.6 Å². The number of carboxylic acid groups (broad SMARTS) is 1. The summed E-state index contributed by atoms with van der Waals surface area (Å²) in [7, 11) is 0. The minimum absolute atomic E-state index is 0.0281. The van der Waals surface area contributed by atoms with Gasteiger partial charge in [-0.25, -0.2) is 9.78 Å². The highest BCUT2D eigenvalue weighted by Gasteiger charge is 2.34. The van der Waals surface area contributed by atoms with Gasteiger partial charge in [-0.3, -0.25) is 4.79 Å². The minimum Gasteiger partial charge on any atom is -0.478 e. The predicted octanol–water partition coefficient (Wildman–Crippen LogP) is 5.53. The number of aryl methyl sites for hydroxylation is 2. The van der Waals surface area contributed by atoms with Crippen LogP contribution in [0.1, 0.15) is 63.8 Å². The Morgan fingerprint density at radius 3 is 2.58 bits per heavy atom. The van der Waals surface area contributed by atoms with Gasteiger partial charge in [0.15, 0.2) is 5.58 Å². The molecule has 5 rings (SSSR count). The summed E-state index contributed by atoms with van der Waals surface area (Å²) in [5, 5.41) is 22.9. The molecule has 0 saturated heterocycles. The van der Waals surface area contributed by atoms with Crippen LogP contribution in [0.4, 0.5) is 0 Å². The smallest absolute Gasteiger partial charge is 0.339 e. The second kappa shape index (κ2) is 11.5. The molecule has 1 aliphatic rings. The van der Waals surface area contributed by atoms with Gasteiger partial charge in [-0.05, 0) is 69.5 Å². The molecule has 0 aliphatic heterocycles. The molecule has 1 fully saturated rings. The Bertz CT molecular complexity index is 1500. The van der Waals surface area contributed by atoms with Gasteiger partial charge >= 0.3 is 11.9 Å². The fourth-order valence-corrected chi connectivity index (χ4v) is 4.49. The average molecular weight is 535 g/mol. The fraction of sp³-hybridized carbons (Fsp3) is 0.276. The van der Waals surface area contributed by atoms with Crippen molar-refractivity contribution in [2.75, 3.05) is 0 Å². The molecule has 0 radical (unpaired) electrons.